The third-order valence-corrected chi connectivity index (χ3v) is 10.2. The van der Waals surface area contributed by atoms with Crippen LogP contribution in [0.3, 0.4) is 0 Å². The molecule has 2 aromatic carbocycles. The fraction of sp³-hybridized carbons (Fsp3) is 0.519. The Morgan fingerprint density at radius 3 is 2.50 bits per heavy atom. The summed E-state index contributed by atoms with van der Waals surface area (Å²) in [7, 11) is -6.71. The first-order chi connectivity index (χ1) is 17.0. The van der Waals surface area contributed by atoms with Crippen LogP contribution in [0, 0.1) is 17.2 Å². The summed E-state index contributed by atoms with van der Waals surface area (Å²) in [6.45, 7) is 3.81. The van der Waals surface area contributed by atoms with E-state index in [9.17, 15) is 22.1 Å². The van der Waals surface area contributed by atoms with E-state index < -0.39 is 19.7 Å². The maximum atomic E-state index is 12.5. The number of benzene rings is 2. The standard InChI is InChI=1S/C27H34N2O5S2/c1-20-14-22(18-29(20)25-7-6-23-5-4-21(17-28)15-24(23)16-25)19-34-26-8-10-27(11-9-26)36(32,33)13-3-12-35(2,30)31/h4-5,8-11,15,20,22,25H,3,6-7,12-14,16,18-19H2,1-2H3. The van der Waals surface area contributed by atoms with E-state index in [1.54, 1.807) is 12.1 Å². The van der Waals surface area contributed by atoms with Gasteiger partial charge in [0, 0.05) is 30.8 Å². The molecule has 2 aliphatic rings. The molecule has 3 unspecified atom stereocenters. The summed E-state index contributed by atoms with van der Waals surface area (Å²) in [6.07, 6.45) is 5.38. The molecule has 0 spiro atoms. The Morgan fingerprint density at radius 1 is 1.06 bits per heavy atom. The second-order valence-corrected chi connectivity index (χ2v) is 14.6. The number of likely N-dealkylation sites (tertiary alicyclic amines) is 1. The largest absolute Gasteiger partial charge is 0.493 e. The molecule has 194 valence electrons. The second kappa shape index (κ2) is 10.9. The van der Waals surface area contributed by atoms with Gasteiger partial charge in [0.05, 0.1) is 34.6 Å². The van der Waals surface area contributed by atoms with Crippen molar-refractivity contribution in [3.8, 4) is 11.8 Å². The number of hydrogen-bond donors (Lipinski definition) is 0. The molecule has 1 aliphatic heterocycles. The lowest BCUT2D eigenvalue weighted by molar-refractivity contribution is 0.164. The number of hydrogen-bond acceptors (Lipinski definition) is 7. The molecular weight excluding hydrogens is 496 g/mol. The van der Waals surface area contributed by atoms with Gasteiger partial charge < -0.3 is 4.74 Å². The van der Waals surface area contributed by atoms with Crippen LogP contribution in [0.2, 0.25) is 0 Å². The highest BCUT2D eigenvalue weighted by Gasteiger charge is 2.35. The van der Waals surface area contributed by atoms with Crippen LogP contribution in [-0.2, 0) is 32.5 Å². The Bertz CT molecular complexity index is 1330. The van der Waals surface area contributed by atoms with Gasteiger partial charge in [-0.15, -0.1) is 0 Å². The van der Waals surface area contributed by atoms with Gasteiger partial charge in [-0.1, -0.05) is 6.07 Å². The number of rotatable bonds is 9. The fourth-order valence-electron chi connectivity index (χ4n) is 5.48. The lowest BCUT2D eigenvalue weighted by atomic mass is 9.86. The molecular formula is C27H34N2O5S2. The van der Waals surface area contributed by atoms with Crippen LogP contribution in [0.5, 0.6) is 5.75 Å². The molecule has 0 saturated carbocycles. The van der Waals surface area contributed by atoms with Gasteiger partial charge in [0.1, 0.15) is 15.6 Å². The summed E-state index contributed by atoms with van der Waals surface area (Å²) in [5.74, 6) is 0.691. The van der Waals surface area contributed by atoms with Gasteiger partial charge in [0.2, 0.25) is 0 Å². The summed E-state index contributed by atoms with van der Waals surface area (Å²) in [6, 6.07) is 15.6. The minimum Gasteiger partial charge on any atom is -0.493 e. The summed E-state index contributed by atoms with van der Waals surface area (Å²) in [4.78, 5) is 2.77. The first-order valence-electron chi connectivity index (χ1n) is 12.4. The van der Waals surface area contributed by atoms with Crippen LogP contribution in [0.1, 0.15) is 42.9 Å². The van der Waals surface area contributed by atoms with Crippen molar-refractivity contribution in [2.45, 2.75) is 56.0 Å². The van der Waals surface area contributed by atoms with Crippen LogP contribution in [0.15, 0.2) is 47.4 Å². The molecule has 0 amide bonds. The molecule has 0 radical (unpaired) electrons. The van der Waals surface area contributed by atoms with Crippen molar-refractivity contribution >= 4 is 19.7 Å². The van der Waals surface area contributed by atoms with Crippen molar-refractivity contribution in [3.63, 3.8) is 0 Å². The van der Waals surface area contributed by atoms with E-state index in [0.717, 1.165) is 44.0 Å². The first-order valence-corrected chi connectivity index (χ1v) is 16.2. The first kappa shape index (κ1) is 26.6. The Balaban J connectivity index is 1.29. The van der Waals surface area contributed by atoms with Crippen molar-refractivity contribution in [2.24, 2.45) is 5.92 Å². The maximum Gasteiger partial charge on any atom is 0.178 e. The van der Waals surface area contributed by atoms with E-state index in [4.69, 9.17) is 4.74 Å². The molecule has 2 aromatic rings. The highest BCUT2D eigenvalue weighted by atomic mass is 32.2. The Labute approximate surface area is 214 Å². The predicted molar refractivity (Wildman–Crippen MR) is 140 cm³/mol. The summed E-state index contributed by atoms with van der Waals surface area (Å²) < 4.78 is 53.5. The lowest BCUT2D eigenvalue weighted by Crippen LogP contribution is -2.41. The Kier molecular flexibility index (Phi) is 8.08. The summed E-state index contributed by atoms with van der Waals surface area (Å²) >= 11 is 0. The number of sulfone groups is 2. The van der Waals surface area contributed by atoms with Gasteiger partial charge in [0.15, 0.2) is 9.84 Å². The molecule has 0 bridgehead atoms. The monoisotopic (exact) mass is 530 g/mol. The van der Waals surface area contributed by atoms with Crippen molar-refractivity contribution in [3.05, 3.63) is 59.2 Å². The van der Waals surface area contributed by atoms with E-state index in [1.165, 1.54) is 23.3 Å². The number of nitriles is 1. The zero-order chi connectivity index (χ0) is 25.9. The smallest absolute Gasteiger partial charge is 0.178 e. The topological polar surface area (TPSA) is 105 Å². The van der Waals surface area contributed by atoms with Gasteiger partial charge in [-0.05, 0) is 86.6 Å². The van der Waals surface area contributed by atoms with Crippen molar-refractivity contribution < 1.29 is 21.6 Å². The van der Waals surface area contributed by atoms with E-state index in [-0.39, 0.29) is 22.8 Å². The predicted octanol–water partition coefficient (Wildman–Crippen LogP) is 3.41. The molecule has 1 heterocycles. The normalized spacial score (nSPS) is 22.6. The Hall–Kier alpha value is -2.41. The fourth-order valence-corrected chi connectivity index (χ4v) is 7.64. The van der Waals surface area contributed by atoms with Gasteiger partial charge in [-0.25, -0.2) is 16.8 Å². The minimum atomic E-state index is -3.53. The highest BCUT2D eigenvalue weighted by Crippen LogP contribution is 2.32. The van der Waals surface area contributed by atoms with Gasteiger partial charge >= 0.3 is 0 Å². The van der Waals surface area contributed by atoms with Gasteiger partial charge in [-0.3, -0.25) is 4.90 Å². The summed E-state index contributed by atoms with van der Waals surface area (Å²) in [5.41, 5.74) is 3.38. The number of fused-ring (bicyclic) bond motifs is 1. The van der Waals surface area contributed by atoms with Crippen molar-refractivity contribution in [1.29, 1.82) is 5.26 Å². The van der Waals surface area contributed by atoms with Gasteiger partial charge in [-0.2, -0.15) is 5.26 Å². The zero-order valence-electron chi connectivity index (χ0n) is 20.9. The number of ether oxygens (including phenoxy) is 1. The Morgan fingerprint density at radius 2 is 1.81 bits per heavy atom. The maximum absolute atomic E-state index is 12.5. The molecule has 36 heavy (non-hydrogen) atoms. The molecule has 1 aliphatic carbocycles. The quantitative estimate of drug-likeness (QED) is 0.489. The van der Waals surface area contributed by atoms with Crippen LogP contribution < -0.4 is 4.74 Å². The molecule has 1 fully saturated rings. The van der Waals surface area contributed by atoms with E-state index in [0.29, 0.717) is 30.4 Å². The van der Waals surface area contributed by atoms with Crippen LogP contribution in [-0.4, -0.2) is 64.7 Å². The van der Waals surface area contributed by atoms with E-state index in [2.05, 4.69) is 24.0 Å². The minimum absolute atomic E-state index is 0.0852. The second-order valence-electron chi connectivity index (χ2n) is 10.2. The zero-order valence-corrected chi connectivity index (χ0v) is 22.5. The van der Waals surface area contributed by atoms with Crippen LogP contribution >= 0.6 is 0 Å². The average molecular weight is 531 g/mol. The average Bonchev–Trinajstić information content (AvgIpc) is 3.21. The molecule has 1 saturated heterocycles. The number of aryl methyl sites for hydroxylation is 1. The van der Waals surface area contributed by atoms with Gasteiger partial charge in [0.25, 0.3) is 0 Å². The van der Waals surface area contributed by atoms with Crippen LogP contribution in [0.4, 0.5) is 0 Å². The molecule has 4 rings (SSSR count). The summed E-state index contributed by atoms with van der Waals surface area (Å²) in [5, 5.41) is 9.24. The highest BCUT2D eigenvalue weighted by molar-refractivity contribution is 7.92. The van der Waals surface area contributed by atoms with E-state index in [1.807, 2.05) is 12.1 Å². The number of nitrogens with zero attached hydrogens (tertiary/aromatic N) is 2. The third-order valence-electron chi connectivity index (χ3n) is 7.31. The van der Waals surface area contributed by atoms with Crippen molar-refractivity contribution in [1.82, 2.24) is 4.90 Å². The molecule has 7 nitrogen and oxygen atoms in total. The third kappa shape index (κ3) is 6.67. The van der Waals surface area contributed by atoms with Crippen molar-refractivity contribution in [2.75, 3.05) is 30.9 Å². The molecule has 9 heteroatoms. The molecule has 3 atom stereocenters. The molecule has 0 aromatic heterocycles. The lowest BCUT2D eigenvalue weighted by Gasteiger charge is -2.35. The van der Waals surface area contributed by atoms with Crippen LogP contribution in [0.25, 0.3) is 0 Å². The SMILES string of the molecule is CC1CC(COc2ccc(S(=O)(=O)CCCS(C)(=O)=O)cc2)CN1C1CCc2ccc(C#N)cc2C1. The molecule has 0 N–H and O–H groups in total. The van der Waals surface area contributed by atoms with E-state index >= 15 is 0 Å².